The Morgan fingerprint density at radius 2 is 0.960 bits per heavy atom. The van der Waals surface area contributed by atoms with Crippen LogP contribution in [0.1, 0.15) is 0 Å². The van der Waals surface area contributed by atoms with Gasteiger partial charge in [-0.3, -0.25) is 13.9 Å². The van der Waals surface area contributed by atoms with Gasteiger partial charge in [-0.15, -0.1) is 0 Å². The number of nitrogens with zero attached hydrogens (tertiary/aromatic N) is 2. The highest BCUT2D eigenvalue weighted by atomic mass is 31.2. The lowest BCUT2D eigenvalue weighted by molar-refractivity contribution is -0.428. The van der Waals surface area contributed by atoms with Crippen LogP contribution in [0.15, 0.2) is 51.1 Å². The van der Waals surface area contributed by atoms with Crippen LogP contribution in [-0.4, -0.2) is 33.5 Å². The molecule has 144 valence electrons. The molecule has 0 fully saturated rings. The van der Waals surface area contributed by atoms with E-state index in [2.05, 4.69) is 30.8 Å². The minimum atomic E-state index is -7.06. The second-order valence-electron chi connectivity index (χ2n) is 4.00. The van der Waals surface area contributed by atoms with E-state index in [1.165, 1.54) is 0 Å². The standard InChI is InChI=1S/C12H12F9N2OP/c1-5-22(6-2)25(23(7-3)8-4)24-12(20,21)10(15,16)9(13,14)11(17,18)19/h5-8H,1-4H2. The van der Waals surface area contributed by atoms with Gasteiger partial charge in [-0.05, 0) is 0 Å². The molecule has 0 heterocycles. The van der Waals surface area contributed by atoms with Gasteiger partial charge >= 0.3 is 24.1 Å². The molecule has 0 spiro atoms. The minimum absolute atomic E-state index is 0.536. The summed E-state index contributed by atoms with van der Waals surface area (Å²) in [5.41, 5.74) is 0. The molecule has 0 aliphatic heterocycles. The number of hydrogen-bond acceptors (Lipinski definition) is 3. The van der Waals surface area contributed by atoms with Gasteiger partial charge < -0.3 is 0 Å². The maximum atomic E-state index is 13.6. The monoisotopic (exact) mass is 402 g/mol. The molecule has 25 heavy (non-hydrogen) atoms. The van der Waals surface area contributed by atoms with Gasteiger partial charge in [0, 0.05) is 24.8 Å². The zero-order chi connectivity index (χ0) is 20.3. The molecule has 0 rings (SSSR count). The highest BCUT2D eigenvalue weighted by Crippen LogP contribution is 2.59. The van der Waals surface area contributed by atoms with Gasteiger partial charge in [0.15, 0.2) is 0 Å². The molecule has 3 nitrogen and oxygen atoms in total. The van der Waals surface area contributed by atoms with Crippen LogP contribution < -0.4 is 0 Å². The molecule has 0 aromatic carbocycles. The van der Waals surface area contributed by atoms with Crippen LogP contribution in [-0.2, 0) is 4.52 Å². The first-order valence-corrected chi connectivity index (χ1v) is 7.07. The molecule has 0 saturated carbocycles. The average Bonchev–Trinajstić information content (AvgIpc) is 2.47. The largest absolute Gasteiger partial charge is 0.460 e. The van der Waals surface area contributed by atoms with Crippen molar-refractivity contribution in [2.45, 2.75) is 24.1 Å². The van der Waals surface area contributed by atoms with Crippen molar-refractivity contribution in [3.63, 3.8) is 0 Å². The quantitative estimate of drug-likeness (QED) is 0.338. The molecule has 0 aromatic rings. The second kappa shape index (κ2) is 7.69. The zero-order valence-electron chi connectivity index (χ0n) is 12.3. The molecule has 0 unspecified atom stereocenters. The van der Waals surface area contributed by atoms with Crippen LogP contribution in [0.5, 0.6) is 0 Å². The Kier molecular flexibility index (Phi) is 7.17. The number of alkyl halides is 9. The first-order valence-electron chi connectivity index (χ1n) is 5.90. The van der Waals surface area contributed by atoms with Crippen molar-refractivity contribution in [1.29, 1.82) is 0 Å². The number of hydrogen-bond donors (Lipinski definition) is 0. The summed E-state index contributed by atoms with van der Waals surface area (Å²) < 4.78 is 120. The molecule has 13 heteroatoms. The molecule has 0 bridgehead atoms. The summed E-state index contributed by atoms with van der Waals surface area (Å²) in [6.45, 7) is 12.5. The van der Waals surface area contributed by atoms with E-state index in [4.69, 9.17) is 0 Å². The van der Waals surface area contributed by atoms with E-state index < -0.39 is 32.6 Å². The Balaban J connectivity index is 6.03. The van der Waals surface area contributed by atoms with E-state index in [0.717, 1.165) is 24.8 Å². The molecule has 0 radical (unpaired) electrons. The molecule has 0 saturated heterocycles. The van der Waals surface area contributed by atoms with Crippen LogP contribution >= 0.6 is 8.45 Å². The van der Waals surface area contributed by atoms with Crippen molar-refractivity contribution < 1.29 is 44.0 Å². The highest BCUT2D eigenvalue weighted by molar-refractivity contribution is 7.47. The fourth-order valence-electron chi connectivity index (χ4n) is 1.16. The number of halogens is 9. The molecule has 0 aromatic heterocycles. The van der Waals surface area contributed by atoms with Crippen molar-refractivity contribution >= 4 is 8.45 Å². The van der Waals surface area contributed by atoms with E-state index in [9.17, 15) is 39.5 Å². The SMILES string of the molecule is C=CN(C=C)P(OC(F)(F)C(F)(F)C(F)(F)C(F)(F)F)N(C=C)C=C. The lowest BCUT2D eigenvalue weighted by Crippen LogP contribution is -2.61. The van der Waals surface area contributed by atoms with Gasteiger partial charge in [0.25, 0.3) is 8.45 Å². The third kappa shape index (κ3) is 4.30. The average molecular weight is 402 g/mol. The lowest BCUT2D eigenvalue weighted by Gasteiger charge is -2.38. The van der Waals surface area contributed by atoms with E-state index >= 15 is 0 Å². The van der Waals surface area contributed by atoms with Crippen LogP contribution in [0, 0.1) is 0 Å². The third-order valence-electron chi connectivity index (χ3n) is 2.46. The summed E-state index contributed by atoms with van der Waals surface area (Å²) in [6, 6.07) is 0. The first-order chi connectivity index (χ1) is 11.1. The summed E-state index contributed by atoms with van der Waals surface area (Å²) in [6.07, 6.45) is -10.3. The van der Waals surface area contributed by atoms with Crippen LogP contribution in [0.4, 0.5) is 39.5 Å². The Labute approximate surface area is 138 Å². The van der Waals surface area contributed by atoms with Crippen LogP contribution in [0.2, 0.25) is 0 Å². The first kappa shape index (κ1) is 23.3. The van der Waals surface area contributed by atoms with Gasteiger partial charge in [0.2, 0.25) is 0 Å². The molecule has 0 aliphatic carbocycles. The molecule has 0 amide bonds. The summed E-state index contributed by atoms with van der Waals surface area (Å²) in [7, 11) is -3.16. The number of rotatable bonds is 10. The summed E-state index contributed by atoms with van der Waals surface area (Å²) in [5, 5.41) is 0. The van der Waals surface area contributed by atoms with E-state index in [0.29, 0.717) is 9.34 Å². The topological polar surface area (TPSA) is 15.7 Å². The van der Waals surface area contributed by atoms with Crippen LogP contribution in [0.3, 0.4) is 0 Å². The van der Waals surface area contributed by atoms with Crippen molar-refractivity contribution in [1.82, 2.24) is 9.34 Å². The second-order valence-corrected chi connectivity index (χ2v) is 5.61. The smallest absolute Gasteiger partial charge is 0.294 e. The molecular weight excluding hydrogens is 390 g/mol. The fraction of sp³-hybridized carbons (Fsp3) is 0.333. The molecule has 0 aliphatic rings. The minimum Gasteiger partial charge on any atom is -0.294 e. The van der Waals surface area contributed by atoms with Crippen molar-refractivity contribution in [3.8, 4) is 0 Å². The lowest BCUT2D eigenvalue weighted by atomic mass is 10.1. The van der Waals surface area contributed by atoms with Crippen LogP contribution in [0.25, 0.3) is 0 Å². The maximum absolute atomic E-state index is 13.6. The Hall–Kier alpha value is -1.68. The van der Waals surface area contributed by atoms with Gasteiger partial charge in [0.05, 0.1) is 0 Å². The summed E-state index contributed by atoms with van der Waals surface area (Å²) in [4.78, 5) is 0. The van der Waals surface area contributed by atoms with Crippen molar-refractivity contribution in [3.05, 3.63) is 51.1 Å². The molecule has 0 atom stereocenters. The van der Waals surface area contributed by atoms with Crippen molar-refractivity contribution in [2.24, 2.45) is 0 Å². The Bertz CT molecular complexity index is 485. The zero-order valence-corrected chi connectivity index (χ0v) is 13.2. The van der Waals surface area contributed by atoms with Gasteiger partial charge in [0.1, 0.15) is 0 Å². The van der Waals surface area contributed by atoms with E-state index in [-0.39, 0.29) is 0 Å². The fourth-order valence-corrected chi connectivity index (χ4v) is 2.47. The van der Waals surface area contributed by atoms with Gasteiger partial charge in [-0.2, -0.15) is 39.5 Å². The van der Waals surface area contributed by atoms with E-state index in [1.54, 1.807) is 0 Å². The predicted molar refractivity (Wildman–Crippen MR) is 73.4 cm³/mol. The third-order valence-corrected chi connectivity index (χ3v) is 4.29. The summed E-state index contributed by atoms with van der Waals surface area (Å²) in [5.74, 6) is -14.0. The maximum Gasteiger partial charge on any atom is 0.460 e. The summed E-state index contributed by atoms with van der Waals surface area (Å²) >= 11 is 0. The van der Waals surface area contributed by atoms with E-state index in [1.807, 2.05) is 0 Å². The van der Waals surface area contributed by atoms with Gasteiger partial charge in [-0.1, -0.05) is 26.3 Å². The molecule has 0 N–H and O–H groups in total. The normalized spacial score (nSPS) is 13.4. The predicted octanol–water partition coefficient (Wildman–Crippen LogP) is 5.83. The molecular formula is C12H12F9N2OP. The Morgan fingerprint density at radius 1 is 0.640 bits per heavy atom. The van der Waals surface area contributed by atoms with Gasteiger partial charge in [-0.25, -0.2) is 0 Å². The van der Waals surface area contributed by atoms with Crippen molar-refractivity contribution in [2.75, 3.05) is 0 Å². The Morgan fingerprint density at radius 3 is 1.20 bits per heavy atom. The highest BCUT2D eigenvalue weighted by Gasteiger charge is 2.83.